The molecule has 5 nitrogen and oxygen atoms in total. The highest BCUT2D eigenvalue weighted by Gasteiger charge is 2.09. The van der Waals surface area contributed by atoms with E-state index in [0.29, 0.717) is 18.8 Å². The van der Waals surface area contributed by atoms with Crippen LogP contribution in [-0.4, -0.2) is 24.8 Å². The fourth-order valence-corrected chi connectivity index (χ4v) is 2.78. The maximum absolute atomic E-state index is 12.3. The van der Waals surface area contributed by atoms with Crippen LogP contribution in [-0.2, 0) is 0 Å². The van der Waals surface area contributed by atoms with Crippen LogP contribution in [0.4, 0.5) is 0 Å². The Hall–Kier alpha value is -2.82. The number of hydrazone groups is 1. The molecule has 1 N–H and O–H groups in total. The summed E-state index contributed by atoms with van der Waals surface area (Å²) in [4.78, 5) is 12.3. The SMILES string of the molecule is CCCOc1ccc(C(=O)N/N=C(/C)c2cc(C)c(OCCC)c(C)c2)cc1. The minimum absolute atomic E-state index is 0.252. The number of carbonyl (C=O) groups is 1. The number of aryl methyl sites for hydroxylation is 2. The van der Waals surface area contributed by atoms with E-state index in [-0.39, 0.29) is 5.91 Å². The molecule has 0 atom stereocenters. The molecule has 1 amide bonds. The molecule has 2 aromatic rings. The molecule has 0 saturated carbocycles. The van der Waals surface area contributed by atoms with Gasteiger partial charge in [-0.3, -0.25) is 4.79 Å². The third-order valence-electron chi connectivity index (χ3n) is 4.24. The lowest BCUT2D eigenvalue weighted by molar-refractivity contribution is 0.0955. The second kappa shape index (κ2) is 10.5. The minimum Gasteiger partial charge on any atom is -0.494 e. The molecule has 2 aromatic carbocycles. The van der Waals surface area contributed by atoms with E-state index in [0.717, 1.165) is 46.7 Å². The summed E-state index contributed by atoms with van der Waals surface area (Å²) >= 11 is 0. The lowest BCUT2D eigenvalue weighted by Gasteiger charge is -2.13. The average Bonchev–Trinajstić information content (AvgIpc) is 2.69. The van der Waals surface area contributed by atoms with E-state index < -0.39 is 0 Å². The fourth-order valence-electron chi connectivity index (χ4n) is 2.78. The van der Waals surface area contributed by atoms with Gasteiger partial charge in [-0.2, -0.15) is 5.10 Å². The highest BCUT2D eigenvalue weighted by molar-refractivity contribution is 6.01. The predicted molar refractivity (Wildman–Crippen MR) is 114 cm³/mol. The van der Waals surface area contributed by atoms with Gasteiger partial charge in [0, 0.05) is 5.56 Å². The molecule has 0 aliphatic rings. The van der Waals surface area contributed by atoms with E-state index >= 15 is 0 Å². The van der Waals surface area contributed by atoms with E-state index in [4.69, 9.17) is 9.47 Å². The molecule has 5 heteroatoms. The minimum atomic E-state index is -0.252. The van der Waals surface area contributed by atoms with Crippen molar-refractivity contribution >= 4 is 11.6 Å². The zero-order chi connectivity index (χ0) is 20.5. The first-order valence-electron chi connectivity index (χ1n) is 9.78. The van der Waals surface area contributed by atoms with Gasteiger partial charge in [-0.05, 0) is 86.7 Å². The average molecular weight is 383 g/mol. The third kappa shape index (κ3) is 5.84. The van der Waals surface area contributed by atoms with Crippen molar-refractivity contribution in [1.29, 1.82) is 0 Å². The summed E-state index contributed by atoms with van der Waals surface area (Å²) in [6.07, 6.45) is 1.92. The van der Waals surface area contributed by atoms with E-state index in [2.05, 4.69) is 24.4 Å². The summed E-state index contributed by atoms with van der Waals surface area (Å²) in [6.45, 7) is 11.4. The number of hydrogen-bond acceptors (Lipinski definition) is 4. The number of ether oxygens (including phenoxy) is 2. The normalized spacial score (nSPS) is 11.2. The van der Waals surface area contributed by atoms with Crippen LogP contribution in [0.25, 0.3) is 0 Å². The molecule has 0 saturated heterocycles. The van der Waals surface area contributed by atoms with Crippen molar-refractivity contribution in [1.82, 2.24) is 5.43 Å². The topological polar surface area (TPSA) is 59.9 Å². The van der Waals surface area contributed by atoms with E-state index in [1.54, 1.807) is 24.3 Å². The summed E-state index contributed by atoms with van der Waals surface area (Å²) in [5.74, 6) is 1.43. The molecule has 28 heavy (non-hydrogen) atoms. The Morgan fingerprint density at radius 3 is 2.07 bits per heavy atom. The van der Waals surface area contributed by atoms with Crippen LogP contribution in [0.3, 0.4) is 0 Å². The first kappa shape index (κ1) is 21.5. The molecular formula is C23H30N2O3. The number of hydrogen-bond donors (Lipinski definition) is 1. The van der Waals surface area contributed by atoms with Gasteiger partial charge >= 0.3 is 0 Å². The number of nitrogens with zero attached hydrogens (tertiary/aromatic N) is 1. The number of nitrogens with one attached hydrogen (secondary N) is 1. The molecule has 150 valence electrons. The van der Waals surface area contributed by atoms with Crippen LogP contribution in [0.5, 0.6) is 11.5 Å². The van der Waals surface area contributed by atoms with Gasteiger partial charge in [0.2, 0.25) is 0 Å². The van der Waals surface area contributed by atoms with Crippen molar-refractivity contribution in [3.05, 3.63) is 58.7 Å². The Balaban J connectivity index is 2.06. The molecule has 0 heterocycles. The van der Waals surface area contributed by atoms with Crippen LogP contribution in [0.2, 0.25) is 0 Å². The van der Waals surface area contributed by atoms with Crippen LogP contribution in [0, 0.1) is 13.8 Å². The molecule has 2 rings (SSSR count). The molecule has 0 fully saturated rings. The first-order valence-corrected chi connectivity index (χ1v) is 9.78. The van der Waals surface area contributed by atoms with Gasteiger partial charge in [0.05, 0.1) is 18.9 Å². The van der Waals surface area contributed by atoms with Crippen LogP contribution >= 0.6 is 0 Å². The lowest BCUT2D eigenvalue weighted by Crippen LogP contribution is -2.19. The fraction of sp³-hybridized carbons (Fsp3) is 0.391. The second-order valence-electron chi connectivity index (χ2n) is 6.80. The first-order chi connectivity index (χ1) is 13.5. The molecule has 0 aromatic heterocycles. The molecule has 0 spiro atoms. The molecule has 0 aliphatic carbocycles. The smallest absolute Gasteiger partial charge is 0.271 e. The van der Waals surface area contributed by atoms with Gasteiger partial charge in [0.15, 0.2) is 0 Å². The van der Waals surface area contributed by atoms with Crippen molar-refractivity contribution in [2.24, 2.45) is 5.10 Å². The molecular weight excluding hydrogens is 352 g/mol. The van der Waals surface area contributed by atoms with Gasteiger partial charge in [-0.15, -0.1) is 0 Å². The number of benzene rings is 2. The van der Waals surface area contributed by atoms with Gasteiger partial charge in [0.25, 0.3) is 5.91 Å². The Kier molecular flexibility index (Phi) is 8.05. The quantitative estimate of drug-likeness (QED) is 0.488. The number of rotatable bonds is 9. The van der Waals surface area contributed by atoms with Crippen LogP contribution in [0.15, 0.2) is 41.5 Å². The van der Waals surface area contributed by atoms with E-state index in [1.807, 2.05) is 32.9 Å². The molecule has 0 bridgehead atoms. The maximum atomic E-state index is 12.3. The summed E-state index contributed by atoms with van der Waals surface area (Å²) < 4.78 is 11.4. The molecule has 0 radical (unpaired) electrons. The maximum Gasteiger partial charge on any atom is 0.271 e. The summed E-state index contributed by atoms with van der Waals surface area (Å²) in [7, 11) is 0. The lowest BCUT2D eigenvalue weighted by atomic mass is 10.0. The Morgan fingerprint density at radius 1 is 0.929 bits per heavy atom. The Morgan fingerprint density at radius 2 is 1.50 bits per heavy atom. The standard InChI is InChI=1S/C23H30N2O3/c1-6-12-27-21-10-8-19(9-11-21)23(26)25-24-18(5)20-14-16(3)22(17(4)15-20)28-13-7-2/h8-11,14-15H,6-7,12-13H2,1-5H3,(H,25,26)/b24-18-. The highest BCUT2D eigenvalue weighted by atomic mass is 16.5. The van der Waals surface area contributed by atoms with Crippen molar-refractivity contribution in [3.63, 3.8) is 0 Å². The number of carbonyl (C=O) groups excluding carboxylic acids is 1. The third-order valence-corrected chi connectivity index (χ3v) is 4.24. The van der Waals surface area contributed by atoms with Crippen molar-refractivity contribution in [2.45, 2.75) is 47.5 Å². The van der Waals surface area contributed by atoms with E-state index in [1.165, 1.54) is 0 Å². The van der Waals surface area contributed by atoms with Gasteiger partial charge < -0.3 is 9.47 Å². The van der Waals surface area contributed by atoms with Crippen molar-refractivity contribution < 1.29 is 14.3 Å². The largest absolute Gasteiger partial charge is 0.494 e. The molecule has 0 aliphatic heterocycles. The Labute approximate surface area is 167 Å². The zero-order valence-corrected chi connectivity index (χ0v) is 17.5. The predicted octanol–water partition coefficient (Wildman–Crippen LogP) is 5.04. The van der Waals surface area contributed by atoms with E-state index in [9.17, 15) is 4.79 Å². The highest BCUT2D eigenvalue weighted by Crippen LogP contribution is 2.25. The number of amides is 1. The second-order valence-corrected chi connectivity index (χ2v) is 6.80. The zero-order valence-electron chi connectivity index (χ0n) is 17.5. The van der Waals surface area contributed by atoms with Gasteiger partial charge in [-0.1, -0.05) is 13.8 Å². The summed E-state index contributed by atoms with van der Waals surface area (Å²) in [5, 5.41) is 4.26. The van der Waals surface area contributed by atoms with Gasteiger partial charge in [0.1, 0.15) is 11.5 Å². The van der Waals surface area contributed by atoms with Crippen molar-refractivity contribution in [3.8, 4) is 11.5 Å². The summed E-state index contributed by atoms with van der Waals surface area (Å²) in [5.41, 5.74) is 6.99. The summed E-state index contributed by atoms with van der Waals surface area (Å²) in [6, 6.07) is 11.1. The van der Waals surface area contributed by atoms with Crippen LogP contribution in [0.1, 0.15) is 60.7 Å². The monoisotopic (exact) mass is 382 g/mol. The Bertz CT molecular complexity index is 803. The van der Waals surface area contributed by atoms with Crippen LogP contribution < -0.4 is 14.9 Å². The van der Waals surface area contributed by atoms with Gasteiger partial charge in [-0.25, -0.2) is 5.43 Å². The molecule has 0 unspecified atom stereocenters. The van der Waals surface area contributed by atoms with Crippen molar-refractivity contribution in [2.75, 3.05) is 13.2 Å².